The molecule has 13 heavy (non-hydrogen) atoms. The number of amides is 3. The van der Waals surface area contributed by atoms with E-state index in [0.29, 0.717) is 13.0 Å². The fourth-order valence-corrected chi connectivity index (χ4v) is 1.52. The minimum Gasteiger partial charge on any atom is -0.352 e. The molecule has 0 aromatic carbocycles. The van der Waals surface area contributed by atoms with E-state index in [1.165, 1.54) is 0 Å². The molecular formula is C8H15N3O2. The van der Waals surface area contributed by atoms with Crippen molar-refractivity contribution in [2.45, 2.75) is 25.8 Å². The molecule has 0 aromatic heterocycles. The van der Waals surface area contributed by atoms with Crippen LogP contribution in [0.1, 0.15) is 19.8 Å². The van der Waals surface area contributed by atoms with E-state index in [-0.39, 0.29) is 11.9 Å². The monoisotopic (exact) mass is 185 g/mol. The zero-order chi connectivity index (χ0) is 9.84. The number of hydrogen-bond donors (Lipinski definition) is 2. The van der Waals surface area contributed by atoms with Crippen LogP contribution >= 0.6 is 0 Å². The van der Waals surface area contributed by atoms with Gasteiger partial charge in [0.15, 0.2) is 0 Å². The summed E-state index contributed by atoms with van der Waals surface area (Å²) in [6.07, 6.45) is 1.55. The summed E-state index contributed by atoms with van der Waals surface area (Å²) < 4.78 is 0. The first-order valence-electron chi connectivity index (χ1n) is 4.43. The molecule has 0 spiro atoms. The van der Waals surface area contributed by atoms with E-state index in [1.807, 2.05) is 6.92 Å². The van der Waals surface area contributed by atoms with Crippen molar-refractivity contribution in [3.63, 3.8) is 0 Å². The number of likely N-dealkylation sites (tertiary alicyclic amines) is 1. The summed E-state index contributed by atoms with van der Waals surface area (Å²) in [5, 5.41) is 2.54. The molecule has 1 aliphatic heterocycles. The molecule has 1 saturated heterocycles. The van der Waals surface area contributed by atoms with E-state index in [4.69, 9.17) is 5.73 Å². The van der Waals surface area contributed by atoms with Crippen LogP contribution in [0.5, 0.6) is 0 Å². The first-order chi connectivity index (χ1) is 6.09. The van der Waals surface area contributed by atoms with Crippen LogP contribution in [0, 0.1) is 0 Å². The normalized spacial score (nSPS) is 18.8. The smallest absolute Gasteiger partial charge is 0.312 e. The van der Waals surface area contributed by atoms with Gasteiger partial charge in [-0.2, -0.15) is 0 Å². The van der Waals surface area contributed by atoms with E-state index in [1.54, 1.807) is 4.90 Å². The van der Waals surface area contributed by atoms with Gasteiger partial charge in [-0.15, -0.1) is 0 Å². The van der Waals surface area contributed by atoms with Crippen LogP contribution in [0.15, 0.2) is 0 Å². The summed E-state index contributed by atoms with van der Waals surface area (Å²) in [7, 11) is 0. The van der Waals surface area contributed by atoms with E-state index in [9.17, 15) is 9.59 Å². The summed E-state index contributed by atoms with van der Waals surface area (Å²) in [4.78, 5) is 23.4. The first-order valence-corrected chi connectivity index (χ1v) is 4.43. The number of carbonyl (C=O) groups is 2. The van der Waals surface area contributed by atoms with E-state index < -0.39 is 6.03 Å². The van der Waals surface area contributed by atoms with E-state index in [0.717, 1.165) is 13.0 Å². The average molecular weight is 185 g/mol. The molecule has 3 amide bonds. The van der Waals surface area contributed by atoms with Crippen molar-refractivity contribution in [2.24, 2.45) is 5.73 Å². The second kappa shape index (κ2) is 4.11. The van der Waals surface area contributed by atoms with Gasteiger partial charge in [-0.25, -0.2) is 4.79 Å². The van der Waals surface area contributed by atoms with Gasteiger partial charge >= 0.3 is 6.03 Å². The minimum absolute atomic E-state index is 0.0699. The average Bonchev–Trinajstić information content (AvgIpc) is 2.34. The Balaban J connectivity index is 2.30. The molecule has 1 unspecified atom stereocenters. The molecule has 0 aromatic rings. The lowest BCUT2D eigenvalue weighted by atomic mass is 10.3. The molecule has 74 valence electrons. The van der Waals surface area contributed by atoms with Crippen molar-refractivity contribution in [1.29, 1.82) is 0 Å². The van der Waals surface area contributed by atoms with Crippen LogP contribution in [0.4, 0.5) is 4.79 Å². The number of hydrogen-bond acceptors (Lipinski definition) is 2. The predicted octanol–water partition coefficient (Wildman–Crippen LogP) is -0.334. The maximum absolute atomic E-state index is 11.2. The highest BCUT2D eigenvalue weighted by atomic mass is 16.2. The van der Waals surface area contributed by atoms with Gasteiger partial charge in [-0.3, -0.25) is 4.79 Å². The second-order valence-electron chi connectivity index (χ2n) is 3.35. The van der Waals surface area contributed by atoms with Crippen molar-refractivity contribution in [3.8, 4) is 0 Å². The van der Waals surface area contributed by atoms with Gasteiger partial charge in [0, 0.05) is 25.6 Å². The summed E-state index contributed by atoms with van der Waals surface area (Å²) in [6, 6.07) is -0.612. The summed E-state index contributed by atoms with van der Waals surface area (Å²) in [6.45, 7) is 3.18. The Bertz CT molecular complexity index is 217. The van der Waals surface area contributed by atoms with Crippen LogP contribution in [-0.2, 0) is 4.79 Å². The van der Waals surface area contributed by atoms with E-state index in [2.05, 4.69) is 5.32 Å². The zero-order valence-corrected chi connectivity index (χ0v) is 7.75. The van der Waals surface area contributed by atoms with Gasteiger partial charge in [-0.05, 0) is 13.3 Å². The summed E-state index contributed by atoms with van der Waals surface area (Å²) >= 11 is 0. The number of rotatable bonds is 3. The van der Waals surface area contributed by atoms with Crippen LogP contribution in [-0.4, -0.2) is 36.0 Å². The highest BCUT2D eigenvalue weighted by Crippen LogP contribution is 2.09. The summed E-state index contributed by atoms with van der Waals surface area (Å²) in [5.41, 5.74) is 4.95. The predicted molar refractivity (Wildman–Crippen MR) is 48.0 cm³/mol. The third kappa shape index (κ3) is 2.93. The SMILES string of the molecule is CC(CN1CCCC1=O)NC(N)=O. The fourth-order valence-electron chi connectivity index (χ4n) is 1.52. The zero-order valence-electron chi connectivity index (χ0n) is 7.75. The Labute approximate surface area is 77.3 Å². The number of primary amides is 1. The third-order valence-electron chi connectivity index (χ3n) is 2.05. The van der Waals surface area contributed by atoms with Crippen LogP contribution < -0.4 is 11.1 Å². The second-order valence-corrected chi connectivity index (χ2v) is 3.35. The van der Waals surface area contributed by atoms with Gasteiger partial charge in [0.05, 0.1) is 0 Å². The summed E-state index contributed by atoms with van der Waals surface area (Å²) in [5.74, 6) is 0.165. The van der Waals surface area contributed by atoms with Gasteiger partial charge < -0.3 is 16.0 Å². The number of carbonyl (C=O) groups excluding carboxylic acids is 2. The topological polar surface area (TPSA) is 75.4 Å². The maximum Gasteiger partial charge on any atom is 0.312 e. The highest BCUT2D eigenvalue weighted by molar-refractivity contribution is 5.78. The Morgan fingerprint density at radius 2 is 2.46 bits per heavy atom. The Morgan fingerprint density at radius 1 is 1.77 bits per heavy atom. The fraction of sp³-hybridized carbons (Fsp3) is 0.750. The van der Waals surface area contributed by atoms with Crippen molar-refractivity contribution in [1.82, 2.24) is 10.2 Å². The Hall–Kier alpha value is -1.26. The molecule has 0 bridgehead atoms. The Kier molecular flexibility index (Phi) is 3.11. The Morgan fingerprint density at radius 3 is 2.92 bits per heavy atom. The molecule has 0 saturated carbocycles. The largest absolute Gasteiger partial charge is 0.352 e. The van der Waals surface area contributed by atoms with Gasteiger partial charge in [-0.1, -0.05) is 0 Å². The molecule has 1 rings (SSSR count). The van der Waals surface area contributed by atoms with Crippen LogP contribution in [0.3, 0.4) is 0 Å². The lowest BCUT2D eigenvalue weighted by Gasteiger charge is -2.20. The molecule has 1 heterocycles. The van der Waals surface area contributed by atoms with Crippen molar-refractivity contribution in [3.05, 3.63) is 0 Å². The number of nitrogens with one attached hydrogen (secondary N) is 1. The van der Waals surface area contributed by atoms with E-state index >= 15 is 0 Å². The first kappa shape index (κ1) is 9.83. The van der Waals surface area contributed by atoms with Gasteiger partial charge in [0.2, 0.25) is 5.91 Å². The number of urea groups is 1. The molecule has 1 fully saturated rings. The number of nitrogens with two attached hydrogens (primary N) is 1. The maximum atomic E-state index is 11.2. The van der Waals surface area contributed by atoms with Crippen LogP contribution in [0.25, 0.3) is 0 Å². The quantitative estimate of drug-likeness (QED) is 0.631. The third-order valence-corrected chi connectivity index (χ3v) is 2.05. The molecular weight excluding hydrogens is 170 g/mol. The lowest BCUT2D eigenvalue weighted by molar-refractivity contribution is -0.127. The van der Waals surface area contributed by atoms with Gasteiger partial charge in [0.1, 0.15) is 0 Å². The molecule has 5 heteroatoms. The van der Waals surface area contributed by atoms with Gasteiger partial charge in [0.25, 0.3) is 0 Å². The molecule has 0 aliphatic carbocycles. The molecule has 1 aliphatic rings. The number of nitrogens with zero attached hydrogens (tertiary/aromatic N) is 1. The standard InChI is InChI=1S/C8H15N3O2/c1-6(10-8(9)13)5-11-4-2-3-7(11)12/h6H,2-5H2,1H3,(H3,9,10,13). The molecule has 3 N–H and O–H groups in total. The molecule has 1 atom stereocenters. The molecule has 0 radical (unpaired) electrons. The van der Waals surface area contributed by atoms with Crippen LogP contribution in [0.2, 0.25) is 0 Å². The van der Waals surface area contributed by atoms with Crippen molar-refractivity contribution >= 4 is 11.9 Å². The highest BCUT2D eigenvalue weighted by Gasteiger charge is 2.21. The lowest BCUT2D eigenvalue weighted by Crippen LogP contribution is -2.44. The minimum atomic E-state index is -0.542. The van der Waals surface area contributed by atoms with Crippen molar-refractivity contribution < 1.29 is 9.59 Å². The molecule has 5 nitrogen and oxygen atoms in total. The van der Waals surface area contributed by atoms with Crippen molar-refractivity contribution in [2.75, 3.05) is 13.1 Å².